The Labute approximate surface area is 230 Å². The van der Waals surface area contributed by atoms with E-state index in [9.17, 15) is 5.11 Å². The quantitative estimate of drug-likeness (QED) is 0.344. The third kappa shape index (κ3) is 4.53. The van der Waals surface area contributed by atoms with Crippen molar-refractivity contribution in [2.45, 2.75) is 44.3 Å². The van der Waals surface area contributed by atoms with Crippen LogP contribution in [0.1, 0.15) is 42.0 Å². The number of benzene rings is 2. The molecule has 6 heteroatoms. The molecule has 1 saturated heterocycles. The van der Waals surface area contributed by atoms with Crippen molar-refractivity contribution in [3.05, 3.63) is 114 Å². The van der Waals surface area contributed by atoms with Gasteiger partial charge in [-0.25, -0.2) is 0 Å². The fraction of sp³-hybridized carbons (Fsp3) is 0.333. The SMILES string of the molecule is COc1ccc([C@@H]2CN(c3cccnc3)C[C@@]2(C)[C@@](C)(O)c2cccnc2)cc1OC1Cc2ccccc2C1. The van der Waals surface area contributed by atoms with Crippen LogP contribution in [0.2, 0.25) is 0 Å². The topological polar surface area (TPSA) is 67.7 Å². The fourth-order valence-corrected chi connectivity index (χ4v) is 6.46. The molecule has 0 unspecified atom stereocenters. The van der Waals surface area contributed by atoms with E-state index in [4.69, 9.17) is 9.47 Å². The lowest BCUT2D eigenvalue weighted by Crippen LogP contribution is -2.46. The Hall–Kier alpha value is -3.90. The highest BCUT2D eigenvalue weighted by Crippen LogP contribution is 2.55. The Morgan fingerprint density at radius 1 is 0.923 bits per heavy atom. The summed E-state index contributed by atoms with van der Waals surface area (Å²) in [7, 11) is 1.68. The lowest BCUT2D eigenvalue weighted by atomic mass is 9.63. The molecule has 1 aliphatic heterocycles. The van der Waals surface area contributed by atoms with E-state index in [0.29, 0.717) is 6.54 Å². The van der Waals surface area contributed by atoms with Gasteiger partial charge in [0.05, 0.1) is 24.6 Å². The summed E-state index contributed by atoms with van der Waals surface area (Å²) >= 11 is 0. The number of fused-ring (bicyclic) bond motifs is 1. The third-order valence-electron chi connectivity index (χ3n) is 8.94. The first kappa shape index (κ1) is 25.4. The molecule has 6 rings (SSSR count). The number of ether oxygens (including phenoxy) is 2. The van der Waals surface area contributed by atoms with Gasteiger partial charge in [0.25, 0.3) is 0 Å². The fourth-order valence-electron chi connectivity index (χ4n) is 6.46. The van der Waals surface area contributed by atoms with Gasteiger partial charge in [0.1, 0.15) is 6.10 Å². The third-order valence-corrected chi connectivity index (χ3v) is 8.94. The normalized spacial score (nSPS) is 22.4. The maximum Gasteiger partial charge on any atom is 0.161 e. The van der Waals surface area contributed by atoms with E-state index in [0.717, 1.165) is 47.7 Å². The molecule has 0 bridgehead atoms. The second-order valence-corrected chi connectivity index (χ2v) is 11.2. The van der Waals surface area contributed by atoms with Crippen molar-refractivity contribution >= 4 is 5.69 Å². The number of aromatic nitrogens is 2. The number of hydrogen-bond acceptors (Lipinski definition) is 6. The maximum atomic E-state index is 12.2. The zero-order valence-electron chi connectivity index (χ0n) is 22.7. The highest BCUT2D eigenvalue weighted by molar-refractivity contribution is 5.51. The predicted molar refractivity (Wildman–Crippen MR) is 152 cm³/mol. The molecule has 6 nitrogen and oxygen atoms in total. The highest BCUT2D eigenvalue weighted by atomic mass is 16.5. The van der Waals surface area contributed by atoms with Crippen molar-refractivity contribution in [1.29, 1.82) is 0 Å². The Bertz CT molecular complexity index is 1420. The number of methoxy groups -OCH3 is 1. The predicted octanol–water partition coefficient (Wildman–Crippen LogP) is 5.55. The van der Waals surface area contributed by atoms with E-state index in [2.05, 4.69) is 64.3 Å². The molecule has 0 radical (unpaired) electrons. The van der Waals surface area contributed by atoms with E-state index < -0.39 is 11.0 Å². The van der Waals surface area contributed by atoms with Crippen molar-refractivity contribution < 1.29 is 14.6 Å². The van der Waals surface area contributed by atoms with Crippen molar-refractivity contribution in [3.8, 4) is 11.5 Å². The van der Waals surface area contributed by atoms with Crippen molar-refractivity contribution in [2.24, 2.45) is 5.41 Å². The Balaban J connectivity index is 1.37. The molecular formula is C33H35N3O3. The second-order valence-electron chi connectivity index (χ2n) is 11.2. The van der Waals surface area contributed by atoms with Gasteiger partial charge < -0.3 is 19.5 Å². The van der Waals surface area contributed by atoms with Crippen LogP contribution in [-0.2, 0) is 18.4 Å². The zero-order chi connectivity index (χ0) is 27.0. The van der Waals surface area contributed by atoms with Gasteiger partial charge in [-0.1, -0.05) is 43.3 Å². The van der Waals surface area contributed by atoms with Gasteiger partial charge in [-0.15, -0.1) is 0 Å². The lowest BCUT2D eigenvalue weighted by molar-refractivity contribution is -0.0649. The summed E-state index contributed by atoms with van der Waals surface area (Å²) in [6.45, 7) is 5.49. The first-order chi connectivity index (χ1) is 18.9. The lowest BCUT2D eigenvalue weighted by Gasteiger charge is -2.44. The van der Waals surface area contributed by atoms with Crippen molar-refractivity contribution in [1.82, 2.24) is 9.97 Å². The minimum absolute atomic E-state index is 0.00180. The minimum atomic E-state index is -1.14. The van der Waals surface area contributed by atoms with E-state index in [-0.39, 0.29) is 12.0 Å². The minimum Gasteiger partial charge on any atom is -0.493 e. The van der Waals surface area contributed by atoms with Gasteiger partial charge >= 0.3 is 0 Å². The van der Waals surface area contributed by atoms with Gasteiger partial charge in [0.15, 0.2) is 11.5 Å². The highest BCUT2D eigenvalue weighted by Gasteiger charge is 2.55. The van der Waals surface area contributed by atoms with Crippen LogP contribution in [0.5, 0.6) is 11.5 Å². The van der Waals surface area contributed by atoms with Crippen LogP contribution in [0.3, 0.4) is 0 Å². The molecule has 2 aromatic heterocycles. The van der Waals surface area contributed by atoms with Crippen LogP contribution in [0.4, 0.5) is 5.69 Å². The number of aliphatic hydroxyl groups is 1. The van der Waals surface area contributed by atoms with Gasteiger partial charge in [0, 0.05) is 61.4 Å². The molecule has 3 heterocycles. The zero-order valence-corrected chi connectivity index (χ0v) is 22.7. The number of nitrogens with zero attached hydrogens (tertiary/aromatic N) is 3. The summed E-state index contributed by atoms with van der Waals surface area (Å²) in [5.41, 5.74) is 3.97. The molecule has 0 saturated carbocycles. The average Bonchev–Trinajstić information content (AvgIpc) is 3.55. The Morgan fingerprint density at radius 3 is 2.28 bits per heavy atom. The van der Waals surface area contributed by atoms with E-state index >= 15 is 0 Å². The molecule has 39 heavy (non-hydrogen) atoms. The number of pyridine rings is 2. The number of anilines is 1. The monoisotopic (exact) mass is 521 g/mol. The van der Waals surface area contributed by atoms with Crippen LogP contribution in [0, 0.1) is 5.41 Å². The summed E-state index contributed by atoms with van der Waals surface area (Å²) in [5, 5.41) is 12.2. The Kier molecular flexibility index (Phi) is 6.51. The molecule has 0 amide bonds. The number of rotatable bonds is 7. The van der Waals surface area contributed by atoms with Crippen molar-refractivity contribution in [3.63, 3.8) is 0 Å². The van der Waals surface area contributed by atoms with Gasteiger partial charge in [-0.3, -0.25) is 9.97 Å². The van der Waals surface area contributed by atoms with Crippen LogP contribution >= 0.6 is 0 Å². The molecule has 2 aromatic carbocycles. The summed E-state index contributed by atoms with van der Waals surface area (Å²) in [6, 6.07) is 22.7. The molecule has 200 valence electrons. The summed E-state index contributed by atoms with van der Waals surface area (Å²) < 4.78 is 12.3. The molecule has 3 atom stereocenters. The molecule has 1 fully saturated rings. The first-order valence-corrected chi connectivity index (χ1v) is 13.6. The summed E-state index contributed by atoms with van der Waals surface area (Å²) in [5.74, 6) is 1.47. The van der Waals surface area contributed by atoms with Crippen LogP contribution in [0.15, 0.2) is 91.5 Å². The van der Waals surface area contributed by atoms with Crippen LogP contribution < -0.4 is 14.4 Å². The molecule has 0 spiro atoms. The van der Waals surface area contributed by atoms with Gasteiger partial charge in [-0.05, 0) is 53.9 Å². The van der Waals surface area contributed by atoms with E-state index in [1.165, 1.54) is 11.1 Å². The maximum absolute atomic E-state index is 12.2. The van der Waals surface area contributed by atoms with E-state index in [1.54, 1.807) is 25.7 Å². The standard InChI is InChI=1S/C33H35N3O3/c1-32(33(2,37)26-10-6-14-34-19-26)22-36(27-11-7-15-35-20-27)21-29(32)25-12-13-30(38-3)31(18-25)39-28-16-23-8-4-5-9-24(23)17-28/h4-15,18-20,28-29,37H,16-17,21-22H2,1-3H3/t29-,32+,33-/m0/s1. The second kappa shape index (κ2) is 10.0. The van der Waals surface area contributed by atoms with Crippen LogP contribution in [-0.4, -0.2) is 41.4 Å². The molecule has 1 aliphatic carbocycles. The summed E-state index contributed by atoms with van der Waals surface area (Å²) in [6.07, 6.45) is 9.02. The van der Waals surface area contributed by atoms with E-state index in [1.807, 2.05) is 37.4 Å². The van der Waals surface area contributed by atoms with Gasteiger partial charge in [0.2, 0.25) is 0 Å². The molecule has 1 N–H and O–H groups in total. The smallest absolute Gasteiger partial charge is 0.161 e. The molecule has 2 aliphatic rings. The first-order valence-electron chi connectivity index (χ1n) is 13.6. The molecular weight excluding hydrogens is 486 g/mol. The van der Waals surface area contributed by atoms with Crippen molar-refractivity contribution in [2.75, 3.05) is 25.1 Å². The Morgan fingerprint density at radius 2 is 1.64 bits per heavy atom. The summed E-state index contributed by atoms with van der Waals surface area (Å²) in [4.78, 5) is 11.0. The largest absolute Gasteiger partial charge is 0.493 e. The van der Waals surface area contributed by atoms with Crippen LogP contribution in [0.25, 0.3) is 0 Å². The average molecular weight is 522 g/mol. The van der Waals surface area contributed by atoms with Gasteiger partial charge in [-0.2, -0.15) is 0 Å². The number of hydrogen-bond donors (Lipinski definition) is 1. The molecule has 4 aromatic rings.